The smallest absolute Gasteiger partial charge is 0.230 e. The van der Waals surface area contributed by atoms with Crippen LogP contribution in [0.4, 0.5) is 0 Å². The molecule has 134 valence electrons. The molecule has 8 heteroatoms. The number of hydrogen-bond acceptors (Lipinski definition) is 6. The molecule has 0 aliphatic heterocycles. The van der Waals surface area contributed by atoms with Crippen LogP contribution in [0.1, 0.15) is 18.5 Å². The molecular formula is C18H19N5O2S. The SMILES string of the molecule is COc1ccc(-n2nnnc2SCC(=O)N[C@H](C)c2ccccc2)cc1. The molecule has 1 aromatic heterocycles. The van der Waals surface area contributed by atoms with Crippen molar-refractivity contribution < 1.29 is 9.53 Å². The lowest BCUT2D eigenvalue weighted by Crippen LogP contribution is -2.28. The third-order valence-electron chi connectivity index (χ3n) is 3.77. The van der Waals surface area contributed by atoms with Crippen molar-refractivity contribution in [2.75, 3.05) is 12.9 Å². The number of nitrogens with one attached hydrogen (secondary N) is 1. The predicted molar refractivity (Wildman–Crippen MR) is 99.4 cm³/mol. The van der Waals surface area contributed by atoms with Crippen LogP contribution in [0.25, 0.3) is 5.69 Å². The zero-order chi connectivity index (χ0) is 18.4. The van der Waals surface area contributed by atoms with Gasteiger partial charge in [-0.3, -0.25) is 4.79 Å². The van der Waals surface area contributed by atoms with Gasteiger partial charge in [-0.15, -0.1) is 5.10 Å². The van der Waals surface area contributed by atoms with Crippen LogP contribution in [-0.4, -0.2) is 39.0 Å². The molecule has 0 unspecified atom stereocenters. The first kappa shape index (κ1) is 17.9. The van der Waals surface area contributed by atoms with E-state index in [1.54, 1.807) is 11.8 Å². The molecule has 0 radical (unpaired) electrons. The minimum Gasteiger partial charge on any atom is -0.497 e. The Morgan fingerprint density at radius 1 is 1.19 bits per heavy atom. The Balaban J connectivity index is 1.60. The van der Waals surface area contributed by atoms with Crippen LogP contribution in [0.2, 0.25) is 0 Å². The molecule has 1 heterocycles. The lowest BCUT2D eigenvalue weighted by Gasteiger charge is -2.14. The number of carbonyl (C=O) groups is 1. The van der Waals surface area contributed by atoms with E-state index in [0.29, 0.717) is 5.16 Å². The first-order chi connectivity index (χ1) is 12.7. The number of thioether (sulfide) groups is 1. The fourth-order valence-corrected chi connectivity index (χ4v) is 3.09. The van der Waals surface area contributed by atoms with Gasteiger partial charge in [0.25, 0.3) is 0 Å². The maximum absolute atomic E-state index is 12.2. The fraction of sp³-hybridized carbons (Fsp3) is 0.222. The molecule has 3 aromatic rings. The first-order valence-corrected chi connectivity index (χ1v) is 9.06. The molecule has 0 bridgehead atoms. The van der Waals surface area contributed by atoms with Crippen molar-refractivity contribution in [1.82, 2.24) is 25.5 Å². The van der Waals surface area contributed by atoms with Crippen LogP contribution < -0.4 is 10.1 Å². The normalized spacial score (nSPS) is 11.8. The minimum atomic E-state index is -0.0735. The van der Waals surface area contributed by atoms with Gasteiger partial charge in [-0.1, -0.05) is 42.1 Å². The van der Waals surface area contributed by atoms with Crippen molar-refractivity contribution in [1.29, 1.82) is 0 Å². The second-order valence-corrected chi connectivity index (χ2v) is 6.50. The summed E-state index contributed by atoms with van der Waals surface area (Å²) in [5, 5.41) is 15.2. The lowest BCUT2D eigenvalue weighted by molar-refractivity contribution is -0.119. The minimum absolute atomic E-state index is 0.0538. The summed E-state index contributed by atoms with van der Waals surface area (Å²) in [5.74, 6) is 0.911. The molecule has 26 heavy (non-hydrogen) atoms. The summed E-state index contributed by atoms with van der Waals surface area (Å²) < 4.78 is 6.75. The summed E-state index contributed by atoms with van der Waals surface area (Å²) >= 11 is 1.29. The monoisotopic (exact) mass is 369 g/mol. The average molecular weight is 369 g/mol. The third-order valence-corrected chi connectivity index (χ3v) is 4.69. The first-order valence-electron chi connectivity index (χ1n) is 8.07. The summed E-state index contributed by atoms with van der Waals surface area (Å²) in [7, 11) is 1.61. The van der Waals surface area contributed by atoms with Gasteiger partial charge in [0.1, 0.15) is 5.75 Å². The van der Waals surface area contributed by atoms with Crippen molar-refractivity contribution >= 4 is 17.7 Å². The van der Waals surface area contributed by atoms with E-state index in [1.165, 1.54) is 11.8 Å². The molecular weight excluding hydrogens is 350 g/mol. The molecule has 7 nitrogen and oxygen atoms in total. The van der Waals surface area contributed by atoms with Crippen LogP contribution >= 0.6 is 11.8 Å². The number of nitrogens with zero attached hydrogens (tertiary/aromatic N) is 4. The highest BCUT2D eigenvalue weighted by Crippen LogP contribution is 2.20. The molecule has 0 saturated carbocycles. The number of tetrazole rings is 1. The number of hydrogen-bond donors (Lipinski definition) is 1. The Kier molecular flexibility index (Phi) is 5.85. The number of carbonyl (C=O) groups excluding carboxylic acids is 1. The van der Waals surface area contributed by atoms with Gasteiger partial charge in [0, 0.05) is 0 Å². The van der Waals surface area contributed by atoms with E-state index in [4.69, 9.17) is 4.74 Å². The number of amides is 1. The molecule has 0 fully saturated rings. The van der Waals surface area contributed by atoms with Crippen molar-refractivity contribution in [3.8, 4) is 11.4 Å². The molecule has 1 atom stereocenters. The van der Waals surface area contributed by atoms with E-state index in [1.807, 2.05) is 61.5 Å². The Hall–Kier alpha value is -2.87. The maximum atomic E-state index is 12.2. The van der Waals surface area contributed by atoms with Crippen molar-refractivity contribution in [3.63, 3.8) is 0 Å². The molecule has 0 spiro atoms. The van der Waals surface area contributed by atoms with Crippen LogP contribution in [0.5, 0.6) is 5.75 Å². The van der Waals surface area contributed by atoms with E-state index < -0.39 is 0 Å². The van der Waals surface area contributed by atoms with E-state index >= 15 is 0 Å². The highest BCUT2D eigenvalue weighted by atomic mass is 32.2. The zero-order valence-electron chi connectivity index (χ0n) is 14.5. The molecule has 0 aliphatic rings. The largest absolute Gasteiger partial charge is 0.497 e. The Morgan fingerprint density at radius 3 is 2.62 bits per heavy atom. The number of methoxy groups -OCH3 is 1. The lowest BCUT2D eigenvalue weighted by atomic mass is 10.1. The second-order valence-electron chi connectivity index (χ2n) is 5.56. The van der Waals surface area contributed by atoms with Crippen LogP contribution in [0.3, 0.4) is 0 Å². The summed E-state index contributed by atoms with van der Waals surface area (Å²) in [5.41, 5.74) is 1.87. The average Bonchev–Trinajstić information content (AvgIpc) is 3.15. The van der Waals surface area contributed by atoms with E-state index in [-0.39, 0.29) is 17.7 Å². The quantitative estimate of drug-likeness (QED) is 0.645. The van der Waals surface area contributed by atoms with Gasteiger partial charge in [0.15, 0.2) is 0 Å². The van der Waals surface area contributed by atoms with Gasteiger partial charge in [0.2, 0.25) is 11.1 Å². The fourth-order valence-electron chi connectivity index (χ4n) is 2.39. The molecule has 0 aliphatic carbocycles. The molecule has 1 amide bonds. The van der Waals surface area contributed by atoms with Crippen molar-refractivity contribution in [3.05, 3.63) is 60.2 Å². The molecule has 2 aromatic carbocycles. The van der Waals surface area contributed by atoms with Crippen LogP contribution in [0.15, 0.2) is 59.8 Å². The summed E-state index contributed by atoms with van der Waals surface area (Å²) in [6.45, 7) is 1.96. The predicted octanol–water partition coefficient (Wildman–Crippen LogP) is 2.64. The van der Waals surface area contributed by atoms with E-state index in [0.717, 1.165) is 17.0 Å². The molecule has 3 rings (SSSR count). The van der Waals surface area contributed by atoms with Crippen molar-refractivity contribution in [2.24, 2.45) is 0 Å². The topological polar surface area (TPSA) is 81.9 Å². The van der Waals surface area contributed by atoms with Gasteiger partial charge >= 0.3 is 0 Å². The summed E-state index contributed by atoms with van der Waals surface area (Å²) in [4.78, 5) is 12.2. The maximum Gasteiger partial charge on any atom is 0.230 e. The van der Waals surface area contributed by atoms with Gasteiger partial charge in [-0.2, -0.15) is 4.68 Å². The standard InChI is InChI=1S/C18H19N5O2S/c1-13(14-6-4-3-5-7-14)19-17(24)12-26-18-20-21-22-23(18)15-8-10-16(25-2)11-9-15/h3-11,13H,12H2,1-2H3,(H,19,24)/t13-/m1/s1. The second kappa shape index (κ2) is 8.48. The van der Waals surface area contributed by atoms with Crippen molar-refractivity contribution in [2.45, 2.75) is 18.1 Å². The Morgan fingerprint density at radius 2 is 1.92 bits per heavy atom. The highest BCUT2D eigenvalue weighted by Gasteiger charge is 2.13. The van der Waals surface area contributed by atoms with E-state index in [9.17, 15) is 4.79 Å². The van der Waals surface area contributed by atoms with E-state index in [2.05, 4.69) is 20.8 Å². The number of aromatic nitrogens is 4. The number of benzene rings is 2. The van der Waals surface area contributed by atoms with Gasteiger partial charge < -0.3 is 10.1 Å². The number of ether oxygens (including phenoxy) is 1. The third kappa shape index (κ3) is 4.40. The van der Waals surface area contributed by atoms with Gasteiger partial charge in [-0.25, -0.2) is 0 Å². The Bertz CT molecular complexity index is 852. The van der Waals surface area contributed by atoms with Gasteiger partial charge in [-0.05, 0) is 47.2 Å². The summed E-state index contributed by atoms with van der Waals surface area (Å²) in [6, 6.07) is 17.2. The van der Waals surface area contributed by atoms with Crippen LogP contribution in [-0.2, 0) is 4.79 Å². The molecule has 1 N–H and O–H groups in total. The number of rotatable bonds is 7. The zero-order valence-corrected chi connectivity index (χ0v) is 15.3. The Labute approximate surface area is 155 Å². The highest BCUT2D eigenvalue weighted by molar-refractivity contribution is 7.99. The van der Waals surface area contributed by atoms with Gasteiger partial charge in [0.05, 0.1) is 24.6 Å². The summed E-state index contributed by atoms with van der Waals surface area (Å²) in [6.07, 6.45) is 0. The molecule has 0 saturated heterocycles. The van der Waals surface area contributed by atoms with Crippen LogP contribution in [0, 0.1) is 0 Å².